The Morgan fingerprint density at radius 1 is 1.58 bits per heavy atom. The van der Waals surface area contributed by atoms with E-state index in [1.54, 1.807) is 24.0 Å². The topological polar surface area (TPSA) is 85.4 Å². The van der Waals surface area contributed by atoms with Crippen molar-refractivity contribution >= 4 is 17.7 Å². The minimum absolute atomic E-state index is 0.0131. The van der Waals surface area contributed by atoms with E-state index in [9.17, 15) is 9.59 Å². The van der Waals surface area contributed by atoms with Crippen molar-refractivity contribution in [2.75, 3.05) is 18.4 Å². The van der Waals surface area contributed by atoms with E-state index in [1.165, 1.54) is 0 Å². The molecule has 0 unspecified atom stereocenters. The van der Waals surface area contributed by atoms with Crippen molar-refractivity contribution in [3.8, 4) is 0 Å². The SMILES string of the molecule is C=CCN(CCC)C(=O)Nc1cc(C)[nH]c1C(=O)O. The summed E-state index contributed by atoms with van der Waals surface area (Å²) in [6.07, 6.45) is 2.45. The molecule has 0 saturated heterocycles. The number of rotatable bonds is 6. The molecule has 0 aromatic carbocycles. The number of carbonyl (C=O) groups excluding carboxylic acids is 1. The first kappa shape index (κ1) is 14.8. The molecule has 6 nitrogen and oxygen atoms in total. The molecule has 1 aromatic rings. The molecule has 0 radical (unpaired) electrons. The van der Waals surface area contributed by atoms with Crippen LogP contribution in [0.1, 0.15) is 29.5 Å². The summed E-state index contributed by atoms with van der Waals surface area (Å²) < 4.78 is 0. The van der Waals surface area contributed by atoms with Crippen LogP contribution in [0.4, 0.5) is 10.5 Å². The quantitative estimate of drug-likeness (QED) is 0.690. The molecule has 1 rings (SSSR count). The summed E-state index contributed by atoms with van der Waals surface area (Å²) in [7, 11) is 0. The normalized spacial score (nSPS) is 10.0. The monoisotopic (exact) mass is 265 g/mol. The van der Waals surface area contributed by atoms with Crippen LogP contribution in [0.3, 0.4) is 0 Å². The number of anilines is 1. The molecule has 0 bridgehead atoms. The van der Waals surface area contributed by atoms with Gasteiger partial charge in [-0.2, -0.15) is 0 Å². The number of nitrogens with zero attached hydrogens (tertiary/aromatic N) is 1. The van der Waals surface area contributed by atoms with Gasteiger partial charge >= 0.3 is 12.0 Å². The minimum Gasteiger partial charge on any atom is -0.477 e. The van der Waals surface area contributed by atoms with E-state index in [1.807, 2.05) is 6.92 Å². The third kappa shape index (κ3) is 3.87. The number of urea groups is 1. The average molecular weight is 265 g/mol. The molecule has 0 fully saturated rings. The first-order valence-electron chi connectivity index (χ1n) is 6.09. The maximum absolute atomic E-state index is 12.0. The van der Waals surface area contributed by atoms with Crippen molar-refractivity contribution in [3.05, 3.63) is 30.1 Å². The standard InChI is InChI=1S/C13H19N3O3/c1-4-6-16(7-5-2)13(19)15-10-8-9(3)14-11(10)12(17)18/h4,8,14H,1,5-7H2,2-3H3,(H,15,19)(H,17,18). The molecule has 0 aliphatic carbocycles. The molecule has 1 heterocycles. The molecule has 104 valence electrons. The Hall–Kier alpha value is -2.24. The largest absolute Gasteiger partial charge is 0.477 e. The van der Waals surface area contributed by atoms with Gasteiger partial charge in [-0.3, -0.25) is 0 Å². The van der Waals surface area contributed by atoms with Crippen LogP contribution in [0.15, 0.2) is 18.7 Å². The van der Waals surface area contributed by atoms with Gasteiger partial charge in [0.05, 0.1) is 5.69 Å². The summed E-state index contributed by atoms with van der Waals surface area (Å²) in [6.45, 7) is 8.31. The van der Waals surface area contributed by atoms with Gasteiger partial charge in [0.25, 0.3) is 0 Å². The molecule has 1 aromatic heterocycles. The van der Waals surface area contributed by atoms with Gasteiger partial charge in [0.15, 0.2) is 0 Å². The van der Waals surface area contributed by atoms with E-state index < -0.39 is 5.97 Å². The van der Waals surface area contributed by atoms with Crippen LogP contribution in [-0.4, -0.2) is 40.1 Å². The van der Waals surface area contributed by atoms with E-state index in [0.29, 0.717) is 18.8 Å². The minimum atomic E-state index is -1.10. The lowest BCUT2D eigenvalue weighted by Gasteiger charge is -2.20. The Bertz CT molecular complexity index is 479. The van der Waals surface area contributed by atoms with Crippen molar-refractivity contribution < 1.29 is 14.7 Å². The first-order chi connectivity index (χ1) is 8.99. The molecule has 0 spiro atoms. The number of hydrogen-bond acceptors (Lipinski definition) is 2. The second-order valence-electron chi connectivity index (χ2n) is 4.21. The van der Waals surface area contributed by atoms with Crippen molar-refractivity contribution in [2.24, 2.45) is 0 Å². The number of carbonyl (C=O) groups is 2. The van der Waals surface area contributed by atoms with E-state index in [2.05, 4.69) is 16.9 Å². The number of aromatic nitrogens is 1. The lowest BCUT2D eigenvalue weighted by Crippen LogP contribution is -2.35. The predicted molar refractivity (Wildman–Crippen MR) is 73.6 cm³/mol. The second kappa shape index (κ2) is 6.63. The third-order valence-electron chi connectivity index (χ3n) is 2.54. The molecule has 0 saturated carbocycles. The predicted octanol–water partition coefficient (Wildman–Crippen LogP) is 2.45. The van der Waals surface area contributed by atoms with Crippen LogP contribution in [0.5, 0.6) is 0 Å². The Balaban J connectivity index is 2.85. The summed E-state index contributed by atoms with van der Waals surface area (Å²) in [4.78, 5) is 27.3. The van der Waals surface area contributed by atoms with Crippen LogP contribution in [0, 0.1) is 6.92 Å². The van der Waals surface area contributed by atoms with Gasteiger partial charge in [-0.1, -0.05) is 13.0 Å². The number of carboxylic acids is 1. The summed E-state index contributed by atoms with van der Waals surface area (Å²) in [5, 5.41) is 11.6. The van der Waals surface area contributed by atoms with Gasteiger partial charge in [0.2, 0.25) is 0 Å². The lowest BCUT2D eigenvalue weighted by atomic mass is 10.3. The van der Waals surface area contributed by atoms with Crippen molar-refractivity contribution in [1.82, 2.24) is 9.88 Å². The average Bonchev–Trinajstić information content (AvgIpc) is 2.70. The summed E-state index contributed by atoms with van der Waals surface area (Å²) >= 11 is 0. The first-order valence-corrected chi connectivity index (χ1v) is 6.09. The van der Waals surface area contributed by atoms with Gasteiger partial charge in [-0.25, -0.2) is 9.59 Å². The van der Waals surface area contributed by atoms with E-state index in [0.717, 1.165) is 6.42 Å². The Morgan fingerprint density at radius 2 is 2.26 bits per heavy atom. The molecule has 3 N–H and O–H groups in total. The maximum Gasteiger partial charge on any atom is 0.354 e. The zero-order valence-electron chi connectivity index (χ0n) is 11.2. The van der Waals surface area contributed by atoms with Crippen LogP contribution < -0.4 is 5.32 Å². The van der Waals surface area contributed by atoms with Crippen LogP contribution in [0.2, 0.25) is 0 Å². The molecule has 0 aliphatic rings. The van der Waals surface area contributed by atoms with Crippen molar-refractivity contribution in [1.29, 1.82) is 0 Å². The number of nitrogens with one attached hydrogen (secondary N) is 2. The van der Waals surface area contributed by atoms with Crippen LogP contribution in [-0.2, 0) is 0 Å². The molecule has 2 amide bonds. The lowest BCUT2D eigenvalue weighted by molar-refractivity contribution is 0.0692. The number of aromatic carboxylic acids is 1. The number of aromatic amines is 1. The molecule has 6 heteroatoms. The Labute approximate surface area is 112 Å². The molecule has 0 aliphatic heterocycles. The number of hydrogen-bond donors (Lipinski definition) is 3. The Kier molecular flexibility index (Phi) is 5.17. The van der Waals surface area contributed by atoms with E-state index >= 15 is 0 Å². The summed E-state index contributed by atoms with van der Waals surface area (Å²) in [5.41, 5.74) is 0.944. The summed E-state index contributed by atoms with van der Waals surface area (Å²) in [6, 6.07) is 1.27. The number of amides is 2. The van der Waals surface area contributed by atoms with Crippen LogP contribution >= 0.6 is 0 Å². The van der Waals surface area contributed by atoms with Crippen LogP contribution in [0.25, 0.3) is 0 Å². The van der Waals surface area contributed by atoms with Gasteiger partial charge in [-0.15, -0.1) is 6.58 Å². The fourth-order valence-corrected chi connectivity index (χ4v) is 1.75. The van der Waals surface area contributed by atoms with Gasteiger partial charge in [0.1, 0.15) is 5.69 Å². The number of carboxylic acid groups (broad SMARTS) is 1. The summed E-state index contributed by atoms with van der Waals surface area (Å²) in [5.74, 6) is -1.10. The fraction of sp³-hybridized carbons (Fsp3) is 0.385. The smallest absolute Gasteiger partial charge is 0.354 e. The molecular weight excluding hydrogens is 246 g/mol. The maximum atomic E-state index is 12.0. The Morgan fingerprint density at radius 3 is 2.79 bits per heavy atom. The van der Waals surface area contributed by atoms with E-state index in [-0.39, 0.29) is 17.4 Å². The zero-order valence-corrected chi connectivity index (χ0v) is 11.2. The molecular formula is C13H19N3O3. The highest BCUT2D eigenvalue weighted by molar-refractivity contribution is 5.99. The van der Waals surface area contributed by atoms with Crippen molar-refractivity contribution in [3.63, 3.8) is 0 Å². The van der Waals surface area contributed by atoms with Gasteiger partial charge in [0, 0.05) is 18.8 Å². The third-order valence-corrected chi connectivity index (χ3v) is 2.54. The highest BCUT2D eigenvalue weighted by Gasteiger charge is 2.18. The highest BCUT2D eigenvalue weighted by Crippen LogP contribution is 2.17. The van der Waals surface area contributed by atoms with Crippen molar-refractivity contribution in [2.45, 2.75) is 20.3 Å². The highest BCUT2D eigenvalue weighted by atomic mass is 16.4. The van der Waals surface area contributed by atoms with E-state index in [4.69, 9.17) is 5.11 Å². The number of H-pyrrole nitrogens is 1. The fourth-order valence-electron chi connectivity index (χ4n) is 1.75. The number of aryl methyl sites for hydroxylation is 1. The van der Waals surface area contributed by atoms with Gasteiger partial charge < -0.3 is 20.3 Å². The molecule has 0 atom stereocenters. The molecule has 19 heavy (non-hydrogen) atoms. The zero-order chi connectivity index (χ0) is 14.4. The second-order valence-corrected chi connectivity index (χ2v) is 4.21. The van der Waals surface area contributed by atoms with Gasteiger partial charge in [-0.05, 0) is 19.4 Å².